The number of allylic oxidation sites excluding steroid dienone is 2. The topological polar surface area (TPSA) is 95.2 Å². The molecule has 182 valence electrons. The summed E-state index contributed by atoms with van der Waals surface area (Å²) in [5.74, 6) is 0. The van der Waals surface area contributed by atoms with Crippen molar-refractivity contribution in [3.05, 3.63) is 93.1 Å². The fourth-order valence-corrected chi connectivity index (χ4v) is 4.89. The van der Waals surface area contributed by atoms with E-state index in [-0.39, 0.29) is 33.4 Å². The molecule has 0 N–H and O–H groups in total. The van der Waals surface area contributed by atoms with Crippen molar-refractivity contribution in [2.75, 3.05) is 0 Å². The highest BCUT2D eigenvalue weighted by atomic mass is 19.4. The molecule has 0 atom stereocenters. The molecule has 0 fully saturated rings. The van der Waals surface area contributed by atoms with Crippen LogP contribution in [0, 0.1) is 45.3 Å². The molecule has 0 heterocycles. The smallest absolute Gasteiger partial charge is 0.192 e. The molecular formula is C28H8F6N4. The minimum Gasteiger partial charge on any atom is -0.192 e. The van der Waals surface area contributed by atoms with Crippen LogP contribution in [-0.4, -0.2) is 0 Å². The van der Waals surface area contributed by atoms with Gasteiger partial charge in [-0.05, 0) is 80.9 Å². The van der Waals surface area contributed by atoms with Gasteiger partial charge in [-0.2, -0.15) is 47.4 Å². The first-order valence-electron chi connectivity index (χ1n) is 10.7. The molecular weight excluding hydrogens is 506 g/mol. The summed E-state index contributed by atoms with van der Waals surface area (Å²) < 4.78 is 80.9. The molecule has 0 saturated heterocycles. The highest BCUT2D eigenvalue weighted by molar-refractivity contribution is 6.11. The molecule has 0 aromatic heterocycles. The molecule has 0 unspecified atom stereocenters. The molecule has 3 aromatic rings. The van der Waals surface area contributed by atoms with Crippen LogP contribution in [0.5, 0.6) is 0 Å². The lowest BCUT2D eigenvalue weighted by Crippen LogP contribution is -2.05. The van der Waals surface area contributed by atoms with Gasteiger partial charge in [0.1, 0.15) is 35.4 Å². The van der Waals surface area contributed by atoms with Gasteiger partial charge in [-0.25, -0.2) is 0 Å². The summed E-state index contributed by atoms with van der Waals surface area (Å²) >= 11 is 0. The van der Waals surface area contributed by atoms with Gasteiger partial charge in [0.2, 0.25) is 0 Å². The van der Waals surface area contributed by atoms with Crippen LogP contribution in [0.15, 0.2) is 59.7 Å². The number of hydrogen-bond acceptors (Lipinski definition) is 4. The first kappa shape index (κ1) is 24.4. The maximum Gasteiger partial charge on any atom is 0.416 e. The Labute approximate surface area is 210 Å². The Morgan fingerprint density at radius 2 is 0.763 bits per heavy atom. The van der Waals surface area contributed by atoms with E-state index < -0.39 is 34.6 Å². The molecule has 0 amide bonds. The lowest BCUT2D eigenvalue weighted by Gasteiger charge is -2.10. The van der Waals surface area contributed by atoms with Crippen molar-refractivity contribution < 1.29 is 26.3 Å². The maximum atomic E-state index is 13.5. The number of fused-ring (bicyclic) bond motifs is 6. The normalized spacial score (nSPS) is 12.8. The van der Waals surface area contributed by atoms with Gasteiger partial charge in [0.15, 0.2) is 0 Å². The van der Waals surface area contributed by atoms with Crippen LogP contribution < -0.4 is 0 Å². The molecule has 0 radical (unpaired) electrons. The van der Waals surface area contributed by atoms with Crippen molar-refractivity contribution in [2.24, 2.45) is 0 Å². The van der Waals surface area contributed by atoms with E-state index in [0.717, 1.165) is 24.3 Å². The molecule has 0 aliphatic heterocycles. The standard InChI is InChI=1S/C28H8F6N4/c29-27(30,31)15-1-3-17-19-7-20-18-4-2-16(28(32,33)34)6-22(18)26(14(11-37)12-38)24(20)8-23(19)25(21(17)5-15)13(9-35)10-36/h1-8H. The SMILES string of the molecule is N#CC(C#N)=C1c2cc(C(F)(F)F)ccc2-c2cc3c(cc21)C(=C(C#N)C#N)c1cc(C(F)(F)F)ccc1-3. The lowest BCUT2D eigenvalue weighted by molar-refractivity contribution is -0.138. The van der Waals surface area contributed by atoms with Gasteiger partial charge in [-0.1, -0.05) is 12.1 Å². The van der Waals surface area contributed by atoms with E-state index in [1.54, 1.807) is 24.3 Å². The third-order valence-corrected chi connectivity index (χ3v) is 6.46. The van der Waals surface area contributed by atoms with E-state index in [9.17, 15) is 47.4 Å². The summed E-state index contributed by atoms with van der Waals surface area (Å²) in [5, 5.41) is 38.3. The van der Waals surface area contributed by atoms with Gasteiger partial charge in [0.25, 0.3) is 0 Å². The molecule has 38 heavy (non-hydrogen) atoms. The summed E-state index contributed by atoms with van der Waals surface area (Å²) in [6.07, 6.45) is -9.40. The molecule has 0 saturated carbocycles. The van der Waals surface area contributed by atoms with E-state index in [2.05, 4.69) is 0 Å². The highest BCUT2D eigenvalue weighted by Gasteiger charge is 2.38. The van der Waals surface area contributed by atoms with Crippen molar-refractivity contribution in [1.82, 2.24) is 0 Å². The van der Waals surface area contributed by atoms with Crippen LogP contribution >= 0.6 is 0 Å². The molecule has 4 nitrogen and oxygen atoms in total. The van der Waals surface area contributed by atoms with E-state index in [0.29, 0.717) is 22.3 Å². The highest BCUT2D eigenvalue weighted by Crippen LogP contribution is 2.54. The fourth-order valence-electron chi connectivity index (χ4n) is 4.89. The number of nitriles is 4. The predicted octanol–water partition coefficient (Wildman–Crippen LogP) is 7.38. The van der Waals surface area contributed by atoms with Gasteiger partial charge < -0.3 is 0 Å². The van der Waals surface area contributed by atoms with E-state index >= 15 is 0 Å². The van der Waals surface area contributed by atoms with Crippen LogP contribution in [0.25, 0.3) is 33.4 Å². The number of benzene rings is 3. The van der Waals surface area contributed by atoms with Crippen LogP contribution in [0.1, 0.15) is 33.4 Å². The Kier molecular flexibility index (Phi) is 5.20. The fraction of sp³-hybridized carbons (Fsp3) is 0.0714. The Morgan fingerprint density at radius 3 is 1.08 bits per heavy atom. The van der Waals surface area contributed by atoms with Crippen molar-refractivity contribution in [3.63, 3.8) is 0 Å². The number of alkyl halides is 6. The number of hydrogen-bond donors (Lipinski definition) is 0. The van der Waals surface area contributed by atoms with Gasteiger partial charge >= 0.3 is 12.4 Å². The predicted molar refractivity (Wildman–Crippen MR) is 122 cm³/mol. The second kappa shape index (κ2) is 8.10. The monoisotopic (exact) mass is 514 g/mol. The van der Waals surface area contributed by atoms with E-state index in [1.165, 1.54) is 24.3 Å². The molecule has 0 bridgehead atoms. The first-order chi connectivity index (χ1) is 17.9. The van der Waals surface area contributed by atoms with Crippen LogP contribution in [0.4, 0.5) is 26.3 Å². The summed E-state index contributed by atoms with van der Waals surface area (Å²) in [5.41, 5.74) is -1.41. The third kappa shape index (κ3) is 3.44. The molecule has 0 spiro atoms. The Bertz CT molecular complexity index is 1670. The van der Waals surface area contributed by atoms with Crippen molar-refractivity contribution in [1.29, 1.82) is 21.0 Å². The number of nitrogens with zero attached hydrogens (tertiary/aromatic N) is 4. The largest absolute Gasteiger partial charge is 0.416 e. The minimum absolute atomic E-state index is 0.00411. The Balaban J connectivity index is 1.89. The van der Waals surface area contributed by atoms with Crippen molar-refractivity contribution >= 4 is 11.1 Å². The summed E-state index contributed by atoms with van der Waals surface area (Å²) in [7, 11) is 0. The van der Waals surface area contributed by atoms with E-state index in [4.69, 9.17) is 0 Å². The summed E-state index contributed by atoms with van der Waals surface area (Å²) in [4.78, 5) is 0. The number of halogens is 6. The second-order valence-corrected chi connectivity index (χ2v) is 8.41. The third-order valence-electron chi connectivity index (χ3n) is 6.46. The molecule has 3 aromatic carbocycles. The maximum absolute atomic E-state index is 13.5. The Hall–Kier alpha value is -5.32. The lowest BCUT2D eigenvalue weighted by atomic mass is 9.93. The molecule has 2 aliphatic carbocycles. The van der Waals surface area contributed by atoms with Crippen LogP contribution in [0.3, 0.4) is 0 Å². The second-order valence-electron chi connectivity index (χ2n) is 8.41. The molecule has 2 aliphatic rings. The van der Waals surface area contributed by atoms with Crippen LogP contribution in [-0.2, 0) is 12.4 Å². The zero-order valence-electron chi connectivity index (χ0n) is 18.7. The average molecular weight is 514 g/mol. The van der Waals surface area contributed by atoms with Crippen molar-refractivity contribution in [3.8, 4) is 46.5 Å². The van der Waals surface area contributed by atoms with Gasteiger partial charge in [0.05, 0.1) is 11.1 Å². The Morgan fingerprint density at radius 1 is 0.447 bits per heavy atom. The van der Waals surface area contributed by atoms with Gasteiger partial charge in [-0.15, -0.1) is 0 Å². The number of rotatable bonds is 0. The average Bonchev–Trinajstić information content (AvgIpc) is 3.35. The first-order valence-corrected chi connectivity index (χ1v) is 10.7. The summed E-state index contributed by atoms with van der Waals surface area (Å²) in [6.45, 7) is 0. The minimum atomic E-state index is -4.70. The van der Waals surface area contributed by atoms with E-state index in [1.807, 2.05) is 0 Å². The quantitative estimate of drug-likeness (QED) is 0.159. The molecule has 5 rings (SSSR count). The zero-order valence-corrected chi connectivity index (χ0v) is 18.7. The van der Waals surface area contributed by atoms with Gasteiger partial charge in [-0.3, -0.25) is 0 Å². The van der Waals surface area contributed by atoms with Crippen LogP contribution in [0.2, 0.25) is 0 Å². The molecule has 10 heteroatoms. The van der Waals surface area contributed by atoms with Crippen molar-refractivity contribution in [2.45, 2.75) is 12.4 Å². The zero-order chi connectivity index (χ0) is 27.6. The summed E-state index contributed by atoms with van der Waals surface area (Å²) in [6, 6.07) is 15.5. The van der Waals surface area contributed by atoms with Gasteiger partial charge in [0, 0.05) is 11.1 Å².